The number of nitrogens with zero attached hydrogens (tertiary/aromatic N) is 3. The fourth-order valence-corrected chi connectivity index (χ4v) is 0.964. The lowest BCUT2D eigenvalue weighted by Gasteiger charge is -2.18. The van der Waals surface area contributed by atoms with Gasteiger partial charge in [-0.15, -0.1) is 0 Å². The van der Waals surface area contributed by atoms with Crippen molar-refractivity contribution in [2.45, 2.75) is 32.9 Å². The number of esters is 1. The van der Waals surface area contributed by atoms with Crippen LogP contribution in [0.5, 0.6) is 0 Å². The molecule has 80 valence electrons. The molecule has 1 aromatic rings. The SMILES string of the molecule is CC(C)(C)OC(=O)c1cn(CC#N)cn1. The van der Waals surface area contributed by atoms with Gasteiger partial charge in [0.05, 0.1) is 12.4 Å². The Balaban J connectivity index is 2.71. The number of hydrogen-bond donors (Lipinski definition) is 0. The van der Waals surface area contributed by atoms with Crippen LogP contribution in [0.3, 0.4) is 0 Å². The molecule has 0 radical (unpaired) electrons. The molecule has 0 bridgehead atoms. The predicted octanol–water partition coefficient (Wildman–Crippen LogP) is 1.36. The second-order valence-electron chi connectivity index (χ2n) is 4.09. The van der Waals surface area contributed by atoms with Crippen molar-refractivity contribution in [2.75, 3.05) is 0 Å². The summed E-state index contributed by atoms with van der Waals surface area (Å²) in [5.74, 6) is -0.473. The molecule has 5 nitrogen and oxygen atoms in total. The number of imidazole rings is 1. The minimum absolute atomic E-state index is 0.176. The van der Waals surface area contributed by atoms with Crippen LogP contribution in [0.4, 0.5) is 0 Å². The van der Waals surface area contributed by atoms with Crippen molar-refractivity contribution >= 4 is 5.97 Å². The molecule has 0 N–H and O–H groups in total. The zero-order valence-corrected chi connectivity index (χ0v) is 9.02. The molecular weight excluding hydrogens is 194 g/mol. The number of rotatable bonds is 2. The van der Waals surface area contributed by atoms with E-state index in [2.05, 4.69) is 4.98 Å². The van der Waals surface area contributed by atoms with E-state index in [-0.39, 0.29) is 12.2 Å². The van der Waals surface area contributed by atoms with Crippen LogP contribution in [0.15, 0.2) is 12.5 Å². The Labute approximate surface area is 88.3 Å². The van der Waals surface area contributed by atoms with Crippen LogP contribution in [-0.4, -0.2) is 21.1 Å². The molecule has 0 unspecified atom stereocenters. The number of carbonyl (C=O) groups excluding carboxylic acids is 1. The van der Waals surface area contributed by atoms with Gasteiger partial charge in [-0.25, -0.2) is 9.78 Å². The van der Waals surface area contributed by atoms with Crippen LogP contribution in [0.2, 0.25) is 0 Å². The van der Waals surface area contributed by atoms with E-state index in [1.165, 1.54) is 17.1 Å². The van der Waals surface area contributed by atoms with E-state index >= 15 is 0 Å². The van der Waals surface area contributed by atoms with E-state index in [9.17, 15) is 4.79 Å². The number of hydrogen-bond acceptors (Lipinski definition) is 4. The van der Waals surface area contributed by atoms with Gasteiger partial charge >= 0.3 is 5.97 Å². The average Bonchev–Trinajstić information content (AvgIpc) is 2.50. The van der Waals surface area contributed by atoms with Gasteiger partial charge in [0, 0.05) is 6.20 Å². The Morgan fingerprint density at radius 2 is 2.33 bits per heavy atom. The minimum atomic E-state index is -0.532. The molecule has 1 heterocycles. The molecule has 1 aromatic heterocycles. The molecular formula is C10H13N3O2. The summed E-state index contributed by atoms with van der Waals surface area (Å²) < 4.78 is 6.64. The van der Waals surface area contributed by atoms with Gasteiger partial charge in [-0.2, -0.15) is 5.26 Å². The maximum Gasteiger partial charge on any atom is 0.359 e. The van der Waals surface area contributed by atoms with Gasteiger partial charge in [0.15, 0.2) is 5.69 Å². The fourth-order valence-electron chi connectivity index (χ4n) is 0.964. The Kier molecular flexibility index (Phi) is 3.10. The third-order valence-electron chi connectivity index (χ3n) is 1.49. The number of carbonyl (C=O) groups is 1. The highest BCUT2D eigenvalue weighted by atomic mass is 16.6. The molecule has 0 aromatic carbocycles. The maximum absolute atomic E-state index is 11.5. The Morgan fingerprint density at radius 1 is 1.67 bits per heavy atom. The van der Waals surface area contributed by atoms with Gasteiger partial charge in [0.1, 0.15) is 12.1 Å². The van der Waals surface area contributed by atoms with Gasteiger partial charge in [-0.1, -0.05) is 0 Å². The van der Waals surface area contributed by atoms with E-state index in [0.717, 1.165) is 0 Å². The van der Waals surface area contributed by atoms with Gasteiger partial charge in [-0.3, -0.25) is 0 Å². The largest absolute Gasteiger partial charge is 0.455 e. The van der Waals surface area contributed by atoms with Crippen LogP contribution < -0.4 is 0 Å². The van der Waals surface area contributed by atoms with Gasteiger partial charge in [-0.05, 0) is 20.8 Å². The van der Waals surface area contributed by atoms with Crippen LogP contribution in [0.25, 0.3) is 0 Å². The lowest BCUT2D eigenvalue weighted by molar-refractivity contribution is 0.00633. The van der Waals surface area contributed by atoms with E-state index in [1.807, 2.05) is 6.07 Å². The van der Waals surface area contributed by atoms with Crippen molar-refractivity contribution < 1.29 is 9.53 Å². The zero-order chi connectivity index (χ0) is 11.5. The summed E-state index contributed by atoms with van der Waals surface area (Å²) in [6.07, 6.45) is 2.93. The summed E-state index contributed by atoms with van der Waals surface area (Å²) >= 11 is 0. The van der Waals surface area contributed by atoms with Gasteiger partial charge in [0.25, 0.3) is 0 Å². The normalized spacial score (nSPS) is 10.8. The Hall–Kier alpha value is -1.83. The van der Waals surface area contributed by atoms with Crippen molar-refractivity contribution in [3.63, 3.8) is 0 Å². The number of ether oxygens (including phenoxy) is 1. The van der Waals surface area contributed by atoms with E-state index in [0.29, 0.717) is 0 Å². The fraction of sp³-hybridized carbons (Fsp3) is 0.500. The Morgan fingerprint density at radius 3 is 2.87 bits per heavy atom. The molecule has 0 amide bonds. The lowest BCUT2D eigenvalue weighted by Crippen LogP contribution is -2.24. The van der Waals surface area contributed by atoms with E-state index < -0.39 is 11.6 Å². The standard InChI is InChI=1S/C10H13N3O2/c1-10(2,3)15-9(14)8-6-13(5-4-11)7-12-8/h6-7H,5H2,1-3H3. The third kappa shape index (κ3) is 3.43. The molecule has 1 rings (SSSR count). The summed E-state index contributed by atoms with van der Waals surface area (Å²) in [6.45, 7) is 5.54. The highest BCUT2D eigenvalue weighted by Crippen LogP contribution is 2.10. The summed E-state index contributed by atoms with van der Waals surface area (Å²) in [6, 6.07) is 1.96. The van der Waals surface area contributed by atoms with E-state index in [1.54, 1.807) is 20.8 Å². The van der Waals surface area contributed by atoms with Crippen molar-refractivity contribution in [3.05, 3.63) is 18.2 Å². The van der Waals surface area contributed by atoms with Crippen LogP contribution >= 0.6 is 0 Å². The summed E-state index contributed by atoms with van der Waals surface area (Å²) in [7, 11) is 0. The molecule has 15 heavy (non-hydrogen) atoms. The van der Waals surface area contributed by atoms with Crippen molar-refractivity contribution in [1.82, 2.24) is 9.55 Å². The van der Waals surface area contributed by atoms with Gasteiger partial charge < -0.3 is 9.30 Å². The first kappa shape index (κ1) is 11.2. The average molecular weight is 207 g/mol. The Bertz CT molecular complexity index is 396. The molecule has 0 aliphatic carbocycles. The molecule has 0 aliphatic heterocycles. The van der Waals surface area contributed by atoms with Crippen molar-refractivity contribution in [2.24, 2.45) is 0 Å². The smallest absolute Gasteiger partial charge is 0.359 e. The van der Waals surface area contributed by atoms with Gasteiger partial charge in [0.2, 0.25) is 0 Å². The number of nitriles is 1. The molecule has 5 heteroatoms. The quantitative estimate of drug-likeness (QED) is 0.687. The first-order valence-electron chi connectivity index (χ1n) is 4.54. The second-order valence-corrected chi connectivity index (χ2v) is 4.09. The molecule has 0 aliphatic rings. The highest BCUT2D eigenvalue weighted by molar-refractivity contribution is 5.87. The maximum atomic E-state index is 11.5. The van der Waals surface area contributed by atoms with Crippen LogP contribution in [0.1, 0.15) is 31.3 Å². The first-order chi connectivity index (χ1) is 6.92. The second kappa shape index (κ2) is 4.13. The minimum Gasteiger partial charge on any atom is -0.455 e. The molecule has 0 saturated heterocycles. The topological polar surface area (TPSA) is 67.9 Å². The molecule has 0 fully saturated rings. The monoisotopic (exact) mass is 207 g/mol. The predicted molar refractivity (Wildman–Crippen MR) is 53.0 cm³/mol. The molecule has 0 atom stereocenters. The summed E-state index contributed by atoms with van der Waals surface area (Å²) in [4.78, 5) is 15.4. The third-order valence-corrected chi connectivity index (χ3v) is 1.49. The van der Waals surface area contributed by atoms with Crippen molar-refractivity contribution in [1.29, 1.82) is 5.26 Å². The highest BCUT2D eigenvalue weighted by Gasteiger charge is 2.19. The van der Waals surface area contributed by atoms with Crippen LogP contribution in [-0.2, 0) is 11.3 Å². The summed E-state index contributed by atoms with van der Waals surface area (Å²) in [5, 5.41) is 8.44. The number of aromatic nitrogens is 2. The molecule has 0 saturated carbocycles. The van der Waals surface area contributed by atoms with Crippen LogP contribution in [0, 0.1) is 11.3 Å². The lowest BCUT2D eigenvalue weighted by atomic mass is 10.2. The van der Waals surface area contributed by atoms with E-state index in [4.69, 9.17) is 10.00 Å². The molecule has 0 spiro atoms. The first-order valence-corrected chi connectivity index (χ1v) is 4.54. The zero-order valence-electron chi connectivity index (χ0n) is 9.02. The van der Waals surface area contributed by atoms with Crippen molar-refractivity contribution in [3.8, 4) is 6.07 Å². The summed E-state index contributed by atoms with van der Waals surface area (Å²) in [5.41, 5.74) is -0.309.